The van der Waals surface area contributed by atoms with E-state index in [1.807, 2.05) is 32.0 Å². The Morgan fingerprint density at radius 3 is 2.66 bits per heavy atom. The average Bonchev–Trinajstić information content (AvgIpc) is 3.35. The van der Waals surface area contributed by atoms with Gasteiger partial charge in [0, 0.05) is 23.5 Å². The first kappa shape index (κ1) is 25.3. The van der Waals surface area contributed by atoms with E-state index in [4.69, 9.17) is 19.3 Å². The van der Waals surface area contributed by atoms with Crippen molar-refractivity contribution < 1.29 is 24.2 Å². The van der Waals surface area contributed by atoms with Gasteiger partial charge in [-0.15, -0.1) is 16.4 Å². The van der Waals surface area contributed by atoms with Crippen molar-refractivity contribution in [3.05, 3.63) is 65.6 Å². The lowest BCUT2D eigenvalue weighted by molar-refractivity contribution is 0.131. The van der Waals surface area contributed by atoms with E-state index in [1.165, 1.54) is 18.4 Å². The largest absolute Gasteiger partial charge is 0.480 e. The van der Waals surface area contributed by atoms with Crippen LogP contribution < -0.4 is 14.6 Å². The molecule has 0 aliphatic carbocycles. The number of benzene rings is 2. The summed E-state index contributed by atoms with van der Waals surface area (Å²) in [5.41, 5.74) is 5.59. The minimum Gasteiger partial charge on any atom is -0.480 e. The van der Waals surface area contributed by atoms with Crippen molar-refractivity contribution in [1.29, 1.82) is 0 Å². The van der Waals surface area contributed by atoms with E-state index in [-0.39, 0.29) is 13.2 Å². The number of anilines is 1. The van der Waals surface area contributed by atoms with Gasteiger partial charge in [-0.05, 0) is 62.2 Å². The fourth-order valence-electron chi connectivity index (χ4n) is 3.99. The van der Waals surface area contributed by atoms with Crippen LogP contribution in [0.5, 0.6) is 11.6 Å². The minimum atomic E-state index is -0.637. The van der Waals surface area contributed by atoms with Gasteiger partial charge in [-0.1, -0.05) is 0 Å². The van der Waals surface area contributed by atoms with Gasteiger partial charge in [0.25, 0.3) is 0 Å². The molecule has 1 N–H and O–H groups in total. The van der Waals surface area contributed by atoms with Gasteiger partial charge in [-0.2, -0.15) is 0 Å². The van der Waals surface area contributed by atoms with E-state index in [0.29, 0.717) is 38.9 Å². The van der Waals surface area contributed by atoms with Crippen molar-refractivity contribution in [2.75, 3.05) is 18.8 Å². The summed E-state index contributed by atoms with van der Waals surface area (Å²) in [4.78, 5) is 36.9. The zero-order valence-electron chi connectivity index (χ0n) is 21.3. The fraction of sp³-hybridized carbons (Fsp3) is 0.222. The number of ether oxygens (including phenoxy) is 2. The lowest BCUT2D eigenvalue weighted by Crippen LogP contribution is -2.35. The second-order valence-corrected chi connectivity index (χ2v) is 9.46. The van der Waals surface area contributed by atoms with Crippen LogP contribution in [0.4, 0.5) is 10.5 Å². The van der Waals surface area contributed by atoms with Crippen molar-refractivity contribution >= 4 is 44.4 Å². The Morgan fingerprint density at radius 2 is 1.92 bits per heavy atom. The van der Waals surface area contributed by atoms with Crippen LogP contribution in [-0.4, -0.2) is 44.9 Å². The van der Waals surface area contributed by atoms with Gasteiger partial charge >= 0.3 is 6.09 Å². The predicted octanol–water partition coefficient (Wildman–Crippen LogP) is 5.38. The number of aromatic nitrogens is 4. The number of aliphatic hydroxyl groups is 1. The molecule has 0 aliphatic rings. The summed E-state index contributed by atoms with van der Waals surface area (Å²) in [6.07, 6.45) is 2.52. The fourth-order valence-corrected chi connectivity index (χ4v) is 5.08. The van der Waals surface area contributed by atoms with Gasteiger partial charge in [0.1, 0.15) is 5.01 Å². The number of hydroxylamine groups is 1. The first-order valence-corrected chi connectivity index (χ1v) is 12.7. The molecule has 0 atom stereocenters. The van der Waals surface area contributed by atoms with Crippen LogP contribution in [0.1, 0.15) is 23.7 Å². The quantitative estimate of drug-likeness (QED) is 0.276. The molecule has 2 aromatic carbocycles. The Kier molecular flexibility index (Phi) is 7.03. The van der Waals surface area contributed by atoms with E-state index in [0.717, 1.165) is 32.1 Å². The molecule has 11 heteroatoms. The topological polar surface area (TPSA) is 120 Å². The number of thiazole rings is 1. The Balaban J connectivity index is 1.57. The number of hydrogen-bond donors (Lipinski definition) is 1. The lowest BCUT2D eigenvalue weighted by Gasteiger charge is -2.22. The van der Waals surface area contributed by atoms with Crippen molar-refractivity contribution in [3.8, 4) is 22.2 Å². The SMILES string of the molecule is CCOC(=O)N(Oc1cc(C)c2nc(-c3cc(CO)cc4nc(OC)cnc34)sc2c1)c1ccnc(C)c1. The molecule has 0 bridgehead atoms. The molecule has 0 saturated heterocycles. The Labute approximate surface area is 222 Å². The number of hydrogen-bond acceptors (Lipinski definition) is 10. The summed E-state index contributed by atoms with van der Waals surface area (Å²) in [5.74, 6) is 0.835. The second-order valence-electron chi connectivity index (χ2n) is 8.43. The van der Waals surface area contributed by atoms with Crippen molar-refractivity contribution in [1.82, 2.24) is 19.9 Å². The first-order chi connectivity index (χ1) is 18.4. The Bertz CT molecular complexity index is 1650. The van der Waals surface area contributed by atoms with E-state index < -0.39 is 6.09 Å². The summed E-state index contributed by atoms with van der Waals surface area (Å²) in [6, 6.07) is 10.7. The summed E-state index contributed by atoms with van der Waals surface area (Å²) >= 11 is 1.45. The second kappa shape index (κ2) is 10.6. The highest BCUT2D eigenvalue weighted by Gasteiger charge is 2.22. The molecule has 0 aliphatic heterocycles. The zero-order valence-corrected chi connectivity index (χ0v) is 22.1. The zero-order chi connectivity index (χ0) is 26.8. The van der Waals surface area contributed by atoms with Crippen LogP contribution in [0, 0.1) is 13.8 Å². The number of pyridine rings is 1. The van der Waals surface area contributed by atoms with Gasteiger partial charge in [-0.25, -0.2) is 19.7 Å². The number of fused-ring (bicyclic) bond motifs is 2. The average molecular weight is 532 g/mol. The van der Waals surface area contributed by atoms with Gasteiger partial charge in [0.15, 0.2) is 5.75 Å². The Morgan fingerprint density at radius 1 is 1.08 bits per heavy atom. The molecule has 0 spiro atoms. The van der Waals surface area contributed by atoms with Crippen molar-refractivity contribution in [2.45, 2.75) is 27.4 Å². The smallest absolute Gasteiger partial charge is 0.448 e. The monoisotopic (exact) mass is 531 g/mol. The molecule has 38 heavy (non-hydrogen) atoms. The molecule has 1 amide bonds. The molecule has 194 valence electrons. The summed E-state index contributed by atoms with van der Waals surface area (Å²) in [5, 5.41) is 11.7. The van der Waals surface area contributed by atoms with Crippen molar-refractivity contribution in [2.24, 2.45) is 0 Å². The van der Waals surface area contributed by atoms with Gasteiger partial charge in [-0.3, -0.25) is 4.98 Å². The molecule has 5 aromatic rings. The Hall–Kier alpha value is -4.35. The third-order valence-electron chi connectivity index (χ3n) is 5.71. The summed E-state index contributed by atoms with van der Waals surface area (Å²) < 4.78 is 11.3. The molecule has 5 rings (SSSR count). The molecule has 0 saturated carbocycles. The molecule has 0 fully saturated rings. The summed E-state index contributed by atoms with van der Waals surface area (Å²) in [6.45, 7) is 5.55. The maximum atomic E-state index is 12.7. The standard InChI is InChI=1S/C27H25N5O5S/c1-5-36-27(34)32(18-6-7-28-16(3)9-18)37-19-8-15(2)24-22(12-19)38-26(31-24)20-10-17(14-33)11-21-25(20)29-13-23(30-21)35-4/h6-13,33H,5,14H2,1-4H3. The van der Waals surface area contributed by atoms with Crippen LogP contribution >= 0.6 is 11.3 Å². The number of amides is 1. The molecular weight excluding hydrogens is 506 g/mol. The van der Waals surface area contributed by atoms with E-state index >= 15 is 0 Å². The van der Waals surface area contributed by atoms with Gasteiger partial charge in [0.2, 0.25) is 5.88 Å². The van der Waals surface area contributed by atoms with Crippen molar-refractivity contribution in [3.63, 3.8) is 0 Å². The third-order valence-corrected chi connectivity index (χ3v) is 6.75. The minimum absolute atomic E-state index is 0.151. The number of carbonyl (C=O) groups excluding carboxylic acids is 1. The normalized spacial score (nSPS) is 11.1. The maximum absolute atomic E-state index is 12.7. The number of aliphatic hydroxyl groups excluding tert-OH is 1. The highest BCUT2D eigenvalue weighted by molar-refractivity contribution is 7.21. The van der Waals surface area contributed by atoms with E-state index in [2.05, 4.69) is 15.0 Å². The van der Waals surface area contributed by atoms with Crippen LogP contribution in [0.25, 0.3) is 31.8 Å². The maximum Gasteiger partial charge on any atom is 0.448 e. The number of aryl methyl sites for hydroxylation is 2. The van der Waals surface area contributed by atoms with E-state index in [9.17, 15) is 9.90 Å². The van der Waals surface area contributed by atoms with Gasteiger partial charge in [0.05, 0.1) is 53.5 Å². The predicted molar refractivity (Wildman–Crippen MR) is 144 cm³/mol. The number of carbonyl (C=O) groups is 1. The molecule has 3 heterocycles. The third kappa shape index (κ3) is 4.93. The molecular formula is C27H25N5O5S. The number of methoxy groups -OCH3 is 1. The van der Waals surface area contributed by atoms with E-state index in [1.54, 1.807) is 37.5 Å². The van der Waals surface area contributed by atoms with Crippen LogP contribution in [0.2, 0.25) is 0 Å². The van der Waals surface area contributed by atoms with Gasteiger partial charge < -0.3 is 19.4 Å². The molecule has 0 unspecified atom stereocenters. The van der Waals surface area contributed by atoms with Crippen LogP contribution in [0.3, 0.4) is 0 Å². The molecule has 0 radical (unpaired) electrons. The molecule has 3 aromatic heterocycles. The van der Waals surface area contributed by atoms with Crippen LogP contribution in [0.15, 0.2) is 48.8 Å². The van der Waals surface area contributed by atoms with Crippen LogP contribution in [-0.2, 0) is 11.3 Å². The number of nitrogens with zero attached hydrogens (tertiary/aromatic N) is 5. The molecule has 10 nitrogen and oxygen atoms in total. The first-order valence-electron chi connectivity index (χ1n) is 11.8. The highest BCUT2D eigenvalue weighted by Crippen LogP contribution is 2.38. The number of rotatable bonds is 7. The lowest BCUT2D eigenvalue weighted by atomic mass is 10.1. The highest BCUT2D eigenvalue weighted by atomic mass is 32.1. The summed E-state index contributed by atoms with van der Waals surface area (Å²) in [7, 11) is 1.53.